The van der Waals surface area contributed by atoms with Gasteiger partial charge in [0.05, 0.1) is 19.1 Å². The smallest absolute Gasteiger partial charge is 0.250 e. The molecule has 4 aromatic carbocycles. The average molecular weight is 550 g/mol. The molecular formula is C31H27N5O3S. The van der Waals surface area contributed by atoms with Gasteiger partial charge in [-0.3, -0.25) is 9.36 Å². The lowest BCUT2D eigenvalue weighted by atomic mass is 10.2. The van der Waals surface area contributed by atoms with Crippen molar-refractivity contribution in [1.82, 2.24) is 20.2 Å². The minimum atomic E-state index is -0.265. The predicted molar refractivity (Wildman–Crippen MR) is 157 cm³/mol. The lowest BCUT2D eigenvalue weighted by Crippen LogP contribution is -2.20. The van der Waals surface area contributed by atoms with Gasteiger partial charge in [0.1, 0.15) is 6.61 Å². The Morgan fingerprint density at radius 1 is 0.900 bits per heavy atom. The van der Waals surface area contributed by atoms with Crippen LogP contribution in [0.1, 0.15) is 11.1 Å². The third kappa shape index (κ3) is 6.75. The minimum Gasteiger partial charge on any atom is -0.493 e. The van der Waals surface area contributed by atoms with E-state index >= 15 is 0 Å². The van der Waals surface area contributed by atoms with Crippen LogP contribution in [-0.2, 0) is 11.4 Å². The molecule has 0 atom stereocenters. The first-order valence-corrected chi connectivity index (χ1v) is 13.6. The molecule has 0 saturated carbocycles. The fraction of sp³-hybridized carbons (Fsp3) is 0.0968. The van der Waals surface area contributed by atoms with E-state index in [0.29, 0.717) is 29.1 Å². The molecule has 0 bridgehead atoms. The monoisotopic (exact) mass is 549 g/mol. The van der Waals surface area contributed by atoms with Gasteiger partial charge >= 0.3 is 0 Å². The number of nitrogens with one attached hydrogen (secondary N) is 1. The Hall–Kier alpha value is -4.89. The lowest BCUT2D eigenvalue weighted by molar-refractivity contribution is -0.118. The van der Waals surface area contributed by atoms with E-state index in [0.717, 1.165) is 22.4 Å². The molecule has 5 aromatic rings. The Labute approximate surface area is 236 Å². The van der Waals surface area contributed by atoms with Gasteiger partial charge in [0, 0.05) is 11.3 Å². The van der Waals surface area contributed by atoms with Crippen molar-refractivity contribution in [2.75, 3.05) is 12.9 Å². The molecule has 8 nitrogen and oxygen atoms in total. The summed E-state index contributed by atoms with van der Waals surface area (Å²) in [5, 5.41) is 13.5. The summed E-state index contributed by atoms with van der Waals surface area (Å²) in [6.45, 7) is 0.408. The van der Waals surface area contributed by atoms with Crippen molar-refractivity contribution in [3.8, 4) is 28.6 Å². The molecule has 0 aliphatic heterocycles. The Morgan fingerprint density at radius 2 is 1.60 bits per heavy atom. The van der Waals surface area contributed by atoms with Crippen molar-refractivity contribution in [2.45, 2.75) is 11.8 Å². The fourth-order valence-corrected chi connectivity index (χ4v) is 4.65. The minimum absolute atomic E-state index is 0.116. The van der Waals surface area contributed by atoms with Gasteiger partial charge in [-0.15, -0.1) is 10.2 Å². The lowest BCUT2D eigenvalue weighted by Gasteiger charge is -2.11. The van der Waals surface area contributed by atoms with Crippen molar-refractivity contribution >= 4 is 23.9 Å². The van der Waals surface area contributed by atoms with Crippen LogP contribution in [0.3, 0.4) is 0 Å². The van der Waals surface area contributed by atoms with Crippen molar-refractivity contribution in [3.05, 3.63) is 120 Å². The second-order valence-electron chi connectivity index (χ2n) is 8.61. The molecule has 0 saturated heterocycles. The molecule has 5 rings (SSSR count). The van der Waals surface area contributed by atoms with E-state index in [2.05, 4.69) is 20.7 Å². The second-order valence-corrected chi connectivity index (χ2v) is 9.55. The van der Waals surface area contributed by atoms with E-state index in [-0.39, 0.29) is 11.7 Å². The van der Waals surface area contributed by atoms with Crippen LogP contribution in [0.15, 0.2) is 119 Å². The summed E-state index contributed by atoms with van der Waals surface area (Å²) in [6, 6.07) is 35.0. The third-order valence-corrected chi connectivity index (χ3v) is 6.77. The third-order valence-electron chi connectivity index (χ3n) is 5.84. The van der Waals surface area contributed by atoms with Gasteiger partial charge in [-0.25, -0.2) is 5.43 Å². The number of carbonyl (C=O) groups excluding carboxylic acids is 1. The molecular weight excluding hydrogens is 522 g/mol. The normalized spacial score (nSPS) is 10.9. The van der Waals surface area contributed by atoms with Crippen LogP contribution in [0, 0.1) is 0 Å². The summed E-state index contributed by atoms with van der Waals surface area (Å²) >= 11 is 1.29. The number of para-hydroxylation sites is 1. The van der Waals surface area contributed by atoms with Crippen LogP contribution in [0.4, 0.5) is 0 Å². The molecule has 9 heteroatoms. The average Bonchev–Trinajstić information content (AvgIpc) is 3.44. The van der Waals surface area contributed by atoms with E-state index in [1.165, 1.54) is 11.8 Å². The summed E-state index contributed by atoms with van der Waals surface area (Å²) in [7, 11) is 1.60. The van der Waals surface area contributed by atoms with Crippen LogP contribution in [-0.4, -0.2) is 39.7 Å². The number of nitrogens with zero attached hydrogens (tertiary/aromatic N) is 4. The van der Waals surface area contributed by atoms with E-state index in [4.69, 9.17) is 9.47 Å². The Kier molecular flexibility index (Phi) is 8.85. The second kappa shape index (κ2) is 13.3. The van der Waals surface area contributed by atoms with E-state index < -0.39 is 0 Å². The molecule has 1 N–H and O–H groups in total. The summed E-state index contributed by atoms with van der Waals surface area (Å²) in [4.78, 5) is 12.6. The van der Waals surface area contributed by atoms with Crippen LogP contribution >= 0.6 is 11.8 Å². The topological polar surface area (TPSA) is 90.6 Å². The van der Waals surface area contributed by atoms with Crippen molar-refractivity contribution in [2.24, 2.45) is 5.10 Å². The first-order chi connectivity index (χ1) is 19.7. The van der Waals surface area contributed by atoms with E-state index in [1.54, 1.807) is 19.4 Å². The predicted octanol–water partition coefficient (Wildman–Crippen LogP) is 5.76. The maximum absolute atomic E-state index is 12.6. The number of amides is 1. The largest absolute Gasteiger partial charge is 0.493 e. The van der Waals surface area contributed by atoms with Crippen LogP contribution in [0.25, 0.3) is 17.1 Å². The summed E-state index contributed by atoms with van der Waals surface area (Å²) in [6.07, 6.45) is 1.57. The zero-order valence-electron chi connectivity index (χ0n) is 21.8. The molecule has 0 radical (unpaired) electrons. The number of thioether (sulfide) groups is 1. The van der Waals surface area contributed by atoms with Gasteiger partial charge in [-0.05, 0) is 41.5 Å². The van der Waals surface area contributed by atoms with Gasteiger partial charge in [0.2, 0.25) is 0 Å². The van der Waals surface area contributed by atoms with Gasteiger partial charge in [-0.2, -0.15) is 5.10 Å². The zero-order chi connectivity index (χ0) is 27.6. The van der Waals surface area contributed by atoms with Crippen molar-refractivity contribution in [1.29, 1.82) is 0 Å². The summed E-state index contributed by atoms with van der Waals surface area (Å²) in [5.74, 6) is 1.76. The first kappa shape index (κ1) is 26.7. The number of hydrazone groups is 1. The zero-order valence-corrected chi connectivity index (χ0v) is 22.6. The maximum Gasteiger partial charge on any atom is 0.250 e. The number of benzene rings is 4. The molecule has 0 unspecified atom stereocenters. The number of hydrogen-bond donors (Lipinski definition) is 1. The number of rotatable bonds is 11. The standard InChI is InChI=1S/C31H27N5O3S/c1-38-27-18-17-24(19-28(27)39-21-23-11-5-2-6-12-23)20-32-33-29(37)22-40-31-35-34-30(25-13-7-3-8-14-25)36(31)26-15-9-4-10-16-26/h2-20H,21-22H2,1H3,(H,33,37). The van der Waals surface area contributed by atoms with Crippen LogP contribution in [0.2, 0.25) is 0 Å². The number of ether oxygens (including phenoxy) is 2. The molecule has 200 valence electrons. The van der Waals surface area contributed by atoms with Crippen molar-refractivity contribution < 1.29 is 14.3 Å². The quantitative estimate of drug-likeness (QED) is 0.128. The molecule has 1 amide bonds. The van der Waals surface area contributed by atoms with Gasteiger partial charge < -0.3 is 9.47 Å². The summed E-state index contributed by atoms with van der Waals surface area (Å²) < 4.78 is 13.3. The van der Waals surface area contributed by atoms with Gasteiger partial charge in [0.15, 0.2) is 22.5 Å². The number of hydrogen-bond acceptors (Lipinski definition) is 7. The SMILES string of the molecule is COc1ccc(C=NNC(=O)CSc2nnc(-c3ccccc3)n2-c2ccccc2)cc1OCc1ccccc1. The molecule has 0 fully saturated rings. The van der Waals surface area contributed by atoms with Crippen molar-refractivity contribution in [3.63, 3.8) is 0 Å². The number of aromatic nitrogens is 3. The first-order valence-electron chi connectivity index (χ1n) is 12.6. The molecule has 0 aliphatic rings. The highest BCUT2D eigenvalue weighted by molar-refractivity contribution is 7.99. The van der Waals surface area contributed by atoms with E-state index in [9.17, 15) is 4.79 Å². The summed E-state index contributed by atoms with van der Waals surface area (Å²) in [5.41, 5.74) is 6.24. The molecule has 40 heavy (non-hydrogen) atoms. The number of methoxy groups -OCH3 is 1. The van der Waals surface area contributed by atoms with Crippen LogP contribution < -0.4 is 14.9 Å². The maximum atomic E-state index is 12.6. The van der Waals surface area contributed by atoms with E-state index in [1.807, 2.05) is 108 Å². The fourth-order valence-electron chi connectivity index (χ4n) is 3.91. The van der Waals surface area contributed by atoms with Gasteiger partial charge in [-0.1, -0.05) is 90.6 Å². The highest BCUT2D eigenvalue weighted by Crippen LogP contribution is 2.29. The number of carbonyl (C=O) groups is 1. The molecule has 1 aromatic heterocycles. The molecule has 0 aliphatic carbocycles. The van der Waals surface area contributed by atoms with Crippen LogP contribution in [0.5, 0.6) is 11.5 Å². The Balaban J connectivity index is 1.23. The Morgan fingerprint density at radius 3 is 2.33 bits per heavy atom. The van der Waals surface area contributed by atoms with Gasteiger partial charge in [0.25, 0.3) is 5.91 Å². The molecule has 0 spiro atoms. The Bertz CT molecular complexity index is 1580. The highest BCUT2D eigenvalue weighted by Gasteiger charge is 2.17. The highest BCUT2D eigenvalue weighted by atomic mass is 32.2. The molecule has 1 heterocycles.